The summed E-state index contributed by atoms with van der Waals surface area (Å²) in [6, 6.07) is 17.7. The lowest BCUT2D eigenvalue weighted by atomic mass is 10.1. The molecule has 0 radical (unpaired) electrons. The summed E-state index contributed by atoms with van der Waals surface area (Å²) in [5.41, 5.74) is 2.15. The number of nitrogens with zero attached hydrogens (tertiary/aromatic N) is 4. The Morgan fingerprint density at radius 3 is 2.29 bits per heavy atom. The van der Waals surface area contributed by atoms with Crippen molar-refractivity contribution in [1.29, 1.82) is 0 Å². The largest absolute Gasteiger partial charge is 0.496 e. The summed E-state index contributed by atoms with van der Waals surface area (Å²) in [5, 5.41) is 11.4. The molecule has 1 aliphatic rings. The monoisotopic (exact) mass is 481 g/mol. The number of rotatable bonds is 7. The molecule has 1 amide bonds. The predicted octanol–water partition coefficient (Wildman–Crippen LogP) is 3.01. The van der Waals surface area contributed by atoms with Gasteiger partial charge in [0.1, 0.15) is 5.75 Å². The van der Waals surface area contributed by atoms with Crippen LogP contribution in [0.25, 0.3) is 11.3 Å². The van der Waals surface area contributed by atoms with Crippen molar-refractivity contribution in [3.63, 3.8) is 0 Å². The zero-order valence-corrected chi connectivity index (χ0v) is 20.0. The molecule has 1 aromatic heterocycles. The van der Waals surface area contributed by atoms with Gasteiger partial charge in [-0.25, -0.2) is 8.42 Å². The van der Waals surface area contributed by atoms with Gasteiger partial charge in [-0.2, -0.15) is 4.31 Å². The van der Waals surface area contributed by atoms with E-state index in [-0.39, 0.29) is 10.8 Å². The number of carbonyl (C=O) groups excluding carboxylic acids is 1. The molecule has 0 bridgehead atoms. The second-order valence-electron chi connectivity index (χ2n) is 7.79. The molecule has 3 aromatic rings. The van der Waals surface area contributed by atoms with Gasteiger partial charge in [-0.15, -0.1) is 10.2 Å². The third-order valence-corrected chi connectivity index (χ3v) is 7.61. The standard InChI is InChI=1S/C24H27N5O4S/c1-3-24(30)25-18-8-10-19(11-9-18)34(31,32)29-16-14-28(15-17-29)23-13-12-21(26-27-23)20-6-4-5-7-22(20)33-2/h4-13H,3,14-17H2,1-2H3,(H,25,30). The van der Waals surface area contributed by atoms with E-state index in [0.717, 1.165) is 11.3 Å². The second kappa shape index (κ2) is 10.2. The molecule has 10 heteroatoms. The summed E-state index contributed by atoms with van der Waals surface area (Å²) in [6.45, 7) is 3.45. The minimum absolute atomic E-state index is 0.120. The molecule has 1 N–H and O–H groups in total. The van der Waals surface area contributed by atoms with Crippen LogP contribution in [0, 0.1) is 0 Å². The van der Waals surface area contributed by atoms with Crippen molar-refractivity contribution < 1.29 is 17.9 Å². The van der Waals surface area contributed by atoms with Gasteiger partial charge in [0.25, 0.3) is 0 Å². The summed E-state index contributed by atoms with van der Waals surface area (Å²) in [4.78, 5) is 13.7. The van der Waals surface area contributed by atoms with Crippen LogP contribution >= 0.6 is 0 Å². The third-order valence-electron chi connectivity index (χ3n) is 5.69. The first-order chi connectivity index (χ1) is 16.4. The molecule has 0 saturated carbocycles. The molecule has 0 spiro atoms. The van der Waals surface area contributed by atoms with Gasteiger partial charge in [-0.05, 0) is 48.5 Å². The average molecular weight is 482 g/mol. The highest BCUT2D eigenvalue weighted by Gasteiger charge is 2.29. The van der Waals surface area contributed by atoms with Gasteiger partial charge in [0, 0.05) is 43.9 Å². The van der Waals surface area contributed by atoms with E-state index in [2.05, 4.69) is 15.5 Å². The van der Waals surface area contributed by atoms with Gasteiger partial charge in [0.15, 0.2) is 5.82 Å². The number of carbonyl (C=O) groups is 1. The van der Waals surface area contributed by atoms with E-state index in [1.165, 1.54) is 16.4 Å². The minimum atomic E-state index is -3.62. The molecular formula is C24H27N5O4S. The molecule has 9 nitrogen and oxygen atoms in total. The van der Waals surface area contributed by atoms with E-state index in [1.807, 2.05) is 41.3 Å². The molecule has 0 aliphatic carbocycles. The van der Waals surface area contributed by atoms with E-state index < -0.39 is 10.0 Å². The Kier molecular flexibility index (Phi) is 7.09. The Morgan fingerprint density at radius 2 is 1.68 bits per heavy atom. The molecule has 178 valence electrons. The van der Waals surface area contributed by atoms with Crippen molar-refractivity contribution in [2.75, 3.05) is 43.5 Å². The molecule has 0 atom stereocenters. The number of sulfonamides is 1. The number of anilines is 2. The van der Waals surface area contributed by atoms with Crippen molar-refractivity contribution >= 4 is 27.4 Å². The van der Waals surface area contributed by atoms with E-state index in [0.29, 0.717) is 49.8 Å². The number of hydrogen-bond acceptors (Lipinski definition) is 7. The predicted molar refractivity (Wildman–Crippen MR) is 130 cm³/mol. The van der Waals surface area contributed by atoms with Crippen LogP contribution in [0.3, 0.4) is 0 Å². The minimum Gasteiger partial charge on any atom is -0.496 e. The topological polar surface area (TPSA) is 105 Å². The SMILES string of the molecule is CCC(=O)Nc1ccc(S(=O)(=O)N2CCN(c3ccc(-c4ccccc4OC)nn3)CC2)cc1. The Labute approximate surface area is 199 Å². The van der Waals surface area contributed by atoms with E-state index in [4.69, 9.17) is 4.74 Å². The first kappa shape index (κ1) is 23.7. The molecule has 34 heavy (non-hydrogen) atoms. The van der Waals surface area contributed by atoms with Crippen LogP contribution in [0.2, 0.25) is 0 Å². The van der Waals surface area contributed by atoms with Crippen LogP contribution in [-0.4, -0.2) is 62.1 Å². The molecule has 0 unspecified atom stereocenters. The first-order valence-electron chi connectivity index (χ1n) is 11.0. The number of nitrogens with one attached hydrogen (secondary N) is 1. The molecule has 1 saturated heterocycles. The maximum absolute atomic E-state index is 13.1. The smallest absolute Gasteiger partial charge is 0.243 e. The number of amides is 1. The fourth-order valence-corrected chi connectivity index (χ4v) is 5.18. The Bertz CT molecular complexity index is 1240. The quantitative estimate of drug-likeness (QED) is 0.553. The Hall–Kier alpha value is -3.50. The van der Waals surface area contributed by atoms with E-state index >= 15 is 0 Å². The van der Waals surface area contributed by atoms with Crippen molar-refractivity contribution in [1.82, 2.24) is 14.5 Å². The molecular weight excluding hydrogens is 454 g/mol. The van der Waals surface area contributed by atoms with Crippen LogP contribution in [0.1, 0.15) is 13.3 Å². The third kappa shape index (κ3) is 5.02. The maximum atomic E-state index is 13.1. The maximum Gasteiger partial charge on any atom is 0.243 e. The highest BCUT2D eigenvalue weighted by Crippen LogP contribution is 2.28. The average Bonchev–Trinajstić information content (AvgIpc) is 2.89. The number of aromatic nitrogens is 2. The lowest BCUT2D eigenvalue weighted by molar-refractivity contribution is -0.115. The van der Waals surface area contributed by atoms with Crippen LogP contribution in [0.4, 0.5) is 11.5 Å². The van der Waals surface area contributed by atoms with Crippen LogP contribution in [0.15, 0.2) is 65.6 Å². The van der Waals surface area contributed by atoms with Crippen LogP contribution in [-0.2, 0) is 14.8 Å². The lowest BCUT2D eigenvalue weighted by Gasteiger charge is -2.34. The molecule has 1 fully saturated rings. The van der Waals surface area contributed by atoms with E-state index in [9.17, 15) is 13.2 Å². The van der Waals surface area contributed by atoms with Gasteiger partial charge < -0.3 is 15.0 Å². The van der Waals surface area contributed by atoms with E-state index in [1.54, 1.807) is 26.2 Å². The number of benzene rings is 2. The number of ether oxygens (including phenoxy) is 1. The highest BCUT2D eigenvalue weighted by atomic mass is 32.2. The number of para-hydroxylation sites is 1. The molecule has 2 aromatic carbocycles. The molecule has 2 heterocycles. The Balaban J connectivity index is 1.40. The number of methoxy groups -OCH3 is 1. The lowest BCUT2D eigenvalue weighted by Crippen LogP contribution is -2.49. The first-order valence-corrected chi connectivity index (χ1v) is 12.5. The fraction of sp³-hybridized carbons (Fsp3) is 0.292. The van der Waals surface area contributed by atoms with Crippen molar-refractivity contribution in [2.24, 2.45) is 0 Å². The summed E-state index contributed by atoms with van der Waals surface area (Å²) < 4.78 is 33.0. The normalized spacial score (nSPS) is 14.6. The second-order valence-corrected chi connectivity index (χ2v) is 9.73. The van der Waals surface area contributed by atoms with Crippen LogP contribution in [0.5, 0.6) is 5.75 Å². The number of hydrogen-bond donors (Lipinski definition) is 1. The van der Waals surface area contributed by atoms with Crippen molar-refractivity contribution in [2.45, 2.75) is 18.2 Å². The molecule has 1 aliphatic heterocycles. The van der Waals surface area contributed by atoms with Gasteiger partial charge in [0.05, 0.1) is 17.7 Å². The zero-order valence-electron chi connectivity index (χ0n) is 19.1. The van der Waals surface area contributed by atoms with Crippen molar-refractivity contribution in [3.8, 4) is 17.0 Å². The van der Waals surface area contributed by atoms with Gasteiger partial charge in [-0.1, -0.05) is 19.1 Å². The summed E-state index contributed by atoms with van der Waals surface area (Å²) in [5.74, 6) is 1.31. The summed E-state index contributed by atoms with van der Waals surface area (Å²) in [6.07, 6.45) is 0.359. The van der Waals surface area contributed by atoms with Gasteiger partial charge in [0.2, 0.25) is 15.9 Å². The fourth-order valence-electron chi connectivity index (χ4n) is 3.76. The van der Waals surface area contributed by atoms with Gasteiger partial charge in [-0.3, -0.25) is 4.79 Å². The summed E-state index contributed by atoms with van der Waals surface area (Å²) >= 11 is 0. The zero-order chi connectivity index (χ0) is 24.1. The highest BCUT2D eigenvalue weighted by molar-refractivity contribution is 7.89. The van der Waals surface area contributed by atoms with Gasteiger partial charge >= 0.3 is 0 Å². The number of piperazine rings is 1. The van der Waals surface area contributed by atoms with Crippen molar-refractivity contribution in [3.05, 3.63) is 60.7 Å². The molecule has 4 rings (SSSR count). The van der Waals surface area contributed by atoms with Crippen LogP contribution < -0.4 is 15.0 Å². The summed E-state index contributed by atoms with van der Waals surface area (Å²) in [7, 11) is -2.01. The Morgan fingerprint density at radius 1 is 0.971 bits per heavy atom.